The van der Waals surface area contributed by atoms with E-state index in [1.165, 1.54) is 0 Å². The van der Waals surface area contributed by atoms with Gasteiger partial charge in [-0.05, 0) is 26.0 Å². The number of hydrogen-bond acceptors (Lipinski definition) is 5. The van der Waals surface area contributed by atoms with E-state index < -0.39 is 15.6 Å². The van der Waals surface area contributed by atoms with Crippen LogP contribution in [0.15, 0.2) is 18.2 Å². The number of nitrogens with zero attached hydrogens (tertiary/aromatic N) is 1. The Morgan fingerprint density at radius 3 is 2.59 bits per heavy atom. The van der Waals surface area contributed by atoms with Crippen LogP contribution in [0, 0.1) is 0 Å². The molecule has 0 aliphatic rings. The number of aromatic nitrogens is 1. The molecule has 0 amide bonds. The average Bonchev–Trinajstić information content (AvgIpc) is 2.11. The number of hydrogen-bond donors (Lipinski definition) is 3. The molecule has 96 valence electrons. The number of rotatable bonds is 5. The van der Waals surface area contributed by atoms with Crippen molar-refractivity contribution in [1.82, 2.24) is 9.71 Å². The standard InChI is InChI=1S/C10H18N4O2S/c1-10(2,14-17(3,15)16)7-12-9-6-4-5-8(11)13-9/h4-6,14H,7H2,1-3H3,(H3,11,12,13). The minimum atomic E-state index is -3.23. The molecule has 0 aliphatic carbocycles. The molecule has 0 atom stereocenters. The summed E-state index contributed by atoms with van der Waals surface area (Å²) in [5.74, 6) is 1.04. The van der Waals surface area contributed by atoms with Crippen molar-refractivity contribution in [2.45, 2.75) is 19.4 Å². The smallest absolute Gasteiger partial charge is 0.209 e. The first-order valence-corrected chi connectivity index (χ1v) is 7.02. The van der Waals surface area contributed by atoms with Crippen molar-refractivity contribution in [3.05, 3.63) is 18.2 Å². The van der Waals surface area contributed by atoms with Crippen LogP contribution < -0.4 is 15.8 Å². The minimum Gasteiger partial charge on any atom is -0.384 e. The Bertz CT molecular complexity index is 485. The molecule has 7 heteroatoms. The van der Waals surface area contributed by atoms with Crippen LogP contribution in [0.4, 0.5) is 11.6 Å². The summed E-state index contributed by atoms with van der Waals surface area (Å²) in [4.78, 5) is 4.06. The maximum Gasteiger partial charge on any atom is 0.209 e. The summed E-state index contributed by atoms with van der Waals surface area (Å²) in [6.07, 6.45) is 1.13. The van der Waals surface area contributed by atoms with Crippen LogP contribution >= 0.6 is 0 Å². The first-order valence-electron chi connectivity index (χ1n) is 5.13. The molecule has 0 fully saturated rings. The van der Waals surface area contributed by atoms with E-state index >= 15 is 0 Å². The fraction of sp³-hybridized carbons (Fsp3) is 0.500. The van der Waals surface area contributed by atoms with E-state index in [1.807, 2.05) is 0 Å². The second-order valence-corrected chi connectivity index (χ2v) is 6.31. The molecular formula is C10H18N4O2S. The van der Waals surface area contributed by atoms with Gasteiger partial charge in [0.2, 0.25) is 10.0 Å². The van der Waals surface area contributed by atoms with Crippen LogP contribution in [0.5, 0.6) is 0 Å². The summed E-state index contributed by atoms with van der Waals surface area (Å²) in [7, 11) is -3.23. The fourth-order valence-electron chi connectivity index (χ4n) is 1.40. The first-order chi connectivity index (χ1) is 7.68. The largest absolute Gasteiger partial charge is 0.384 e. The van der Waals surface area contributed by atoms with Crippen LogP contribution in [-0.2, 0) is 10.0 Å². The van der Waals surface area contributed by atoms with Gasteiger partial charge in [0.1, 0.15) is 11.6 Å². The van der Waals surface area contributed by atoms with Gasteiger partial charge in [-0.25, -0.2) is 18.1 Å². The van der Waals surface area contributed by atoms with Crippen LogP contribution in [0.2, 0.25) is 0 Å². The Balaban J connectivity index is 2.61. The molecule has 0 bridgehead atoms. The molecule has 0 saturated carbocycles. The van der Waals surface area contributed by atoms with Gasteiger partial charge in [-0.2, -0.15) is 0 Å². The maximum absolute atomic E-state index is 11.1. The van der Waals surface area contributed by atoms with Gasteiger partial charge in [0.15, 0.2) is 0 Å². The van der Waals surface area contributed by atoms with Gasteiger partial charge < -0.3 is 11.1 Å². The van der Waals surface area contributed by atoms with Crippen molar-refractivity contribution in [2.24, 2.45) is 0 Å². The maximum atomic E-state index is 11.1. The highest BCUT2D eigenvalue weighted by Crippen LogP contribution is 2.09. The number of nitrogen functional groups attached to an aromatic ring is 1. The number of nitrogens with one attached hydrogen (secondary N) is 2. The number of sulfonamides is 1. The zero-order valence-electron chi connectivity index (χ0n) is 10.2. The third kappa shape index (κ3) is 5.50. The molecule has 0 saturated heterocycles. The fourth-order valence-corrected chi connectivity index (χ4v) is 2.48. The van der Waals surface area contributed by atoms with E-state index in [1.54, 1.807) is 32.0 Å². The molecule has 6 nitrogen and oxygen atoms in total. The number of anilines is 2. The molecule has 1 aromatic rings. The van der Waals surface area contributed by atoms with E-state index in [2.05, 4.69) is 15.0 Å². The van der Waals surface area contributed by atoms with Crippen LogP contribution in [0.3, 0.4) is 0 Å². The lowest BCUT2D eigenvalue weighted by Gasteiger charge is -2.25. The van der Waals surface area contributed by atoms with Gasteiger partial charge in [-0.1, -0.05) is 6.07 Å². The van der Waals surface area contributed by atoms with E-state index in [-0.39, 0.29) is 0 Å². The van der Waals surface area contributed by atoms with E-state index in [4.69, 9.17) is 5.73 Å². The lowest BCUT2D eigenvalue weighted by Crippen LogP contribution is -2.47. The summed E-state index contributed by atoms with van der Waals surface area (Å²) < 4.78 is 24.8. The van der Waals surface area contributed by atoms with Gasteiger partial charge in [-0.3, -0.25) is 0 Å². The molecule has 4 N–H and O–H groups in total. The quantitative estimate of drug-likeness (QED) is 0.710. The zero-order chi connectivity index (χ0) is 13.1. The zero-order valence-corrected chi connectivity index (χ0v) is 11.0. The monoisotopic (exact) mass is 258 g/mol. The minimum absolute atomic E-state index is 0.413. The van der Waals surface area contributed by atoms with Gasteiger partial charge in [-0.15, -0.1) is 0 Å². The summed E-state index contributed by atoms with van der Waals surface area (Å²) in [5, 5.41) is 3.03. The highest BCUT2D eigenvalue weighted by atomic mass is 32.2. The van der Waals surface area contributed by atoms with Crippen LogP contribution in [-0.4, -0.2) is 31.7 Å². The summed E-state index contributed by atoms with van der Waals surface area (Å²) in [6.45, 7) is 3.98. The third-order valence-electron chi connectivity index (χ3n) is 1.94. The van der Waals surface area contributed by atoms with Gasteiger partial charge in [0.25, 0.3) is 0 Å². The normalized spacial score (nSPS) is 12.4. The predicted octanol–water partition coefficient (Wildman–Crippen LogP) is 0.404. The first kappa shape index (κ1) is 13.7. The van der Waals surface area contributed by atoms with Crippen molar-refractivity contribution < 1.29 is 8.42 Å². The van der Waals surface area contributed by atoms with Crippen molar-refractivity contribution in [1.29, 1.82) is 0 Å². The van der Waals surface area contributed by atoms with E-state index in [0.29, 0.717) is 18.2 Å². The molecular weight excluding hydrogens is 240 g/mol. The molecule has 0 aliphatic heterocycles. The summed E-state index contributed by atoms with van der Waals surface area (Å²) in [6, 6.07) is 5.24. The Kier molecular flexibility index (Phi) is 3.94. The van der Waals surface area contributed by atoms with Crippen molar-refractivity contribution in [2.75, 3.05) is 23.9 Å². The number of nitrogens with two attached hydrogens (primary N) is 1. The molecule has 1 aromatic heterocycles. The summed E-state index contributed by atoms with van der Waals surface area (Å²) in [5.41, 5.74) is 4.94. The van der Waals surface area contributed by atoms with Gasteiger partial charge >= 0.3 is 0 Å². The highest BCUT2D eigenvalue weighted by Gasteiger charge is 2.21. The van der Waals surface area contributed by atoms with Gasteiger partial charge in [0.05, 0.1) is 6.26 Å². The molecule has 0 spiro atoms. The second kappa shape index (κ2) is 4.89. The Hall–Kier alpha value is -1.34. The van der Waals surface area contributed by atoms with Crippen LogP contribution in [0.1, 0.15) is 13.8 Å². The Morgan fingerprint density at radius 1 is 1.41 bits per heavy atom. The molecule has 0 aromatic carbocycles. The lowest BCUT2D eigenvalue weighted by atomic mass is 10.1. The molecule has 0 radical (unpaired) electrons. The van der Waals surface area contributed by atoms with Crippen molar-refractivity contribution in [3.63, 3.8) is 0 Å². The Morgan fingerprint density at radius 2 is 2.06 bits per heavy atom. The number of pyridine rings is 1. The third-order valence-corrected chi connectivity index (χ3v) is 2.87. The van der Waals surface area contributed by atoms with E-state index in [0.717, 1.165) is 6.26 Å². The molecule has 0 unspecified atom stereocenters. The molecule has 1 rings (SSSR count). The van der Waals surface area contributed by atoms with Gasteiger partial charge in [0, 0.05) is 12.1 Å². The molecule has 1 heterocycles. The Labute approximate surface area is 102 Å². The van der Waals surface area contributed by atoms with Crippen molar-refractivity contribution in [3.8, 4) is 0 Å². The predicted molar refractivity (Wildman–Crippen MR) is 69.2 cm³/mol. The lowest BCUT2D eigenvalue weighted by molar-refractivity contribution is 0.476. The highest BCUT2D eigenvalue weighted by molar-refractivity contribution is 7.88. The second-order valence-electron chi connectivity index (χ2n) is 4.56. The summed E-state index contributed by atoms with van der Waals surface area (Å²) >= 11 is 0. The SMILES string of the molecule is CC(C)(CNc1cccc(N)n1)NS(C)(=O)=O. The average molecular weight is 258 g/mol. The van der Waals surface area contributed by atoms with E-state index in [9.17, 15) is 8.42 Å². The van der Waals surface area contributed by atoms with Crippen molar-refractivity contribution >= 4 is 21.7 Å². The molecule has 17 heavy (non-hydrogen) atoms. The van der Waals surface area contributed by atoms with Crippen LogP contribution in [0.25, 0.3) is 0 Å². The topological polar surface area (TPSA) is 97.1 Å².